The van der Waals surface area contributed by atoms with Crippen LogP contribution < -0.4 is 21.7 Å². The molecule has 0 radical (unpaired) electrons. The zero-order valence-electron chi connectivity index (χ0n) is 14.6. The van der Waals surface area contributed by atoms with Crippen molar-refractivity contribution in [3.05, 3.63) is 0 Å². The number of hydrogen-bond donors (Lipinski definition) is 5. The number of rotatable bonds is 10. The molecule has 0 aromatic heterocycles. The molecular formula is C15H28N4O5. The Hall–Kier alpha value is -2.16. The summed E-state index contributed by atoms with van der Waals surface area (Å²) >= 11 is 0. The fourth-order valence-electron chi connectivity index (χ4n) is 1.94. The van der Waals surface area contributed by atoms with E-state index in [1.54, 1.807) is 20.8 Å². The number of aliphatic carboxylic acids is 1. The largest absolute Gasteiger partial charge is 0.480 e. The topological polar surface area (TPSA) is 151 Å². The molecule has 3 atom stereocenters. The number of carbonyl (C=O) groups is 4. The van der Waals surface area contributed by atoms with E-state index in [4.69, 9.17) is 5.73 Å². The highest BCUT2D eigenvalue weighted by Gasteiger charge is 2.30. The van der Waals surface area contributed by atoms with Crippen molar-refractivity contribution in [2.75, 3.05) is 13.1 Å². The summed E-state index contributed by atoms with van der Waals surface area (Å²) in [4.78, 5) is 46.5. The van der Waals surface area contributed by atoms with Gasteiger partial charge in [-0.05, 0) is 11.8 Å². The van der Waals surface area contributed by atoms with Crippen molar-refractivity contribution in [3.63, 3.8) is 0 Å². The van der Waals surface area contributed by atoms with Crippen LogP contribution >= 0.6 is 0 Å². The van der Waals surface area contributed by atoms with Gasteiger partial charge < -0.3 is 26.8 Å². The predicted octanol–water partition coefficient (Wildman–Crippen LogP) is -1.18. The highest BCUT2D eigenvalue weighted by Crippen LogP contribution is 2.10. The number of amides is 3. The Balaban J connectivity index is 4.85. The molecule has 0 aliphatic heterocycles. The van der Waals surface area contributed by atoms with E-state index in [1.165, 1.54) is 0 Å². The van der Waals surface area contributed by atoms with Crippen molar-refractivity contribution < 1.29 is 24.3 Å². The monoisotopic (exact) mass is 344 g/mol. The second kappa shape index (κ2) is 10.6. The van der Waals surface area contributed by atoms with E-state index in [0.29, 0.717) is 6.42 Å². The Kier molecular flexibility index (Phi) is 9.63. The fourth-order valence-corrected chi connectivity index (χ4v) is 1.94. The molecule has 0 fully saturated rings. The van der Waals surface area contributed by atoms with Crippen LogP contribution in [-0.4, -0.2) is 54.0 Å². The number of carboxylic acid groups (broad SMARTS) is 1. The van der Waals surface area contributed by atoms with Crippen molar-refractivity contribution in [2.24, 2.45) is 17.6 Å². The first kappa shape index (κ1) is 21.8. The van der Waals surface area contributed by atoms with Gasteiger partial charge in [0.2, 0.25) is 17.7 Å². The first-order chi connectivity index (χ1) is 11.1. The number of carboxylic acids is 1. The number of nitrogens with two attached hydrogens (primary N) is 1. The zero-order valence-corrected chi connectivity index (χ0v) is 14.6. The molecule has 0 spiro atoms. The molecule has 0 aromatic rings. The summed E-state index contributed by atoms with van der Waals surface area (Å²) in [6.45, 7) is 6.46. The summed E-state index contributed by atoms with van der Waals surface area (Å²) in [5, 5.41) is 16.5. The lowest BCUT2D eigenvalue weighted by atomic mass is 9.97. The van der Waals surface area contributed by atoms with Gasteiger partial charge in [-0.2, -0.15) is 0 Å². The van der Waals surface area contributed by atoms with Crippen LogP contribution in [0.5, 0.6) is 0 Å². The standard InChI is InChI=1S/C15H28N4O5/c1-5-9(4)13(15(23)24)19-14(22)12(8(2)3)18-11(21)7-17-10(20)6-16/h8-9,12-13H,5-7,16H2,1-4H3,(H,17,20)(H,18,21)(H,19,22)(H,23,24). The average Bonchev–Trinajstić information content (AvgIpc) is 2.53. The second-order valence-electron chi connectivity index (χ2n) is 5.98. The Morgan fingerprint density at radius 2 is 1.58 bits per heavy atom. The third-order valence-corrected chi connectivity index (χ3v) is 3.67. The van der Waals surface area contributed by atoms with E-state index in [1.807, 2.05) is 6.92 Å². The fraction of sp³-hybridized carbons (Fsp3) is 0.733. The van der Waals surface area contributed by atoms with Crippen molar-refractivity contribution in [1.82, 2.24) is 16.0 Å². The lowest BCUT2D eigenvalue weighted by Crippen LogP contribution is -2.56. The molecular weight excluding hydrogens is 316 g/mol. The summed E-state index contributed by atoms with van der Waals surface area (Å²) in [7, 11) is 0. The van der Waals surface area contributed by atoms with Crippen LogP contribution in [0.15, 0.2) is 0 Å². The van der Waals surface area contributed by atoms with Gasteiger partial charge in [-0.3, -0.25) is 14.4 Å². The van der Waals surface area contributed by atoms with Crippen LogP contribution in [0.2, 0.25) is 0 Å². The zero-order chi connectivity index (χ0) is 18.9. The molecule has 0 aliphatic carbocycles. The summed E-state index contributed by atoms with van der Waals surface area (Å²) in [5.74, 6) is -3.25. The molecule has 3 amide bonds. The van der Waals surface area contributed by atoms with Gasteiger partial charge in [0.25, 0.3) is 0 Å². The molecule has 6 N–H and O–H groups in total. The van der Waals surface area contributed by atoms with Crippen LogP contribution in [0.1, 0.15) is 34.1 Å². The molecule has 138 valence electrons. The lowest BCUT2D eigenvalue weighted by molar-refractivity contribution is -0.144. The molecule has 24 heavy (non-hydrogen) atoms. The molecule has 0 heterocycles. The Labute approximate surface area is 141 Å². The number of nitrogens with one attached hydrogen (secondary N) is 3. The number of carbonyl (C=O) groups excluding carboxylic acids is 3. The Morgan fingerprint density at radius 1 is 1.00 bits per heavy atom. The summed E-state index contributed by atoms with van der Waals surface area (Å²) < 4.78 is 0. The molecule has 0 aromatic carbocycles. The van der Waals surface area contributed by atoms with Gasteiger partial charge in [-0.25, -0.2) is 4.79 Å². The van der Waals surface area contributed by atoms with Crippen molar-refractivity contribution >= 4 is 23.7 Å². The maximum absolute atomic E-state index is 12.4. The molecule has 9 heteroatoms. The lowest BCUT2D eigenvalue weighted by Gasteiger charge is -2.26. The highest BCUT2D eigenvalue weighted by atomic mass is 16.4. The van der Waals surface area contributed by atoms with Crippen LogP contribution in [-0.2, 0) is 19.2 Å². The Morgan fingerprint density at radius 3 is 2.00 bits per heavy atom. The minimum absolute atomic E-state index is 0.240. The number of hydrogen-bond acceptors (Lipinski definition) is 5. The van der Waals surface area contributed by atoms with E-state index in [2.05, 4.69) is 16.0 Å². The van der Waals surface area contributed by atoms with Gasteiger partial charge in [0, 0.05) is 0 Å². The van der Waals surface area contributed by atoms with Crippen molar-refractivity contribution in [1.29, 1.82) is 0 Å². The molecule has 0 saturated carbocycles. The third-order valence-electron chi connectivity index (χ3n) is 3.67. The van der Waals surface area contributed by atoms with Crippen LogP contribution in [0, 0.1) is 11.8 Å². The summed E-state index contributed by atoms with van der Waals surface area (Å²) in [5.41, 5.74) is 5.12. The first-order valence-electron chi connectivity index (χ1n) is 7.93. The van der Waals surface area contributed by atoms with Crippen molar-refractivity contribution in [3.8, 4) is 0 Å². The van der Waals surface area contributed by atoms with E-state index in [9.17, 15) is 24.3 Å². The van der Waals surface area contributed by atoms with Crippen LogP contribution in [0.3, 0.4) is 0 Å². The van der Waals surface area contributed by atoms with E-state index in [0.717, 1.165) is 0 Å². The molecule has 0 aliphatic rings. The highest BCUT2D eigenvalue weighted by molar-refractivity contribution is 5.92. The normalized spacial score (nSPS) is 14.4. The quantitative estimate of drug-likeness (QED) is 0.336. The SMILES string of the molecule is CCC(C)C(NC(=O)C(NC(=O)CNC(=O)CN)C(C)C)C(=O)O. The molecule has 0 bridgehead atoms. The van der Waals surface area contributed by atoms with Gasteiger partial charge in [-0.15, -0.1) is 0 Å². The van der Waals surface area contributed by atoms with Gasteiger partial charge in [0.1, 0.15) is 12.1 Å². The minimum Gasteiger partial charge on any atom is -0.480 e. The van der Waals surface area contributed by atoms with Gasteiger partial charge in [-0.1, -0.05) is 34.1 Å². The summed E-state index contributed by atoms with van der Waals surface area (Å²) in [6.07, 6.45) is 0.584. The van der Waals surface area contributed by atoms with Gasteiger partial charge >= 0.3 is 5.97 Å². The van der Waals surface area contributed by atoms with E-state index in [-0.39, 0.29) is 24.9 Å². The van der Waals surface area contributed by atoms with E-state index < -0.39 is 35.8 Å². The average molecular weight is 344 g/mol. The Bertz CT molecular complexity index is 467. The van der Waals surface area contributed by atoms with Gasteiger partial charge in [0.05, 0.1) is 13.1 Å². The third kappa shape index (κ3) is 7.40. The molecule has 3 unspecified atom stereocenters. The van der Waals surface area contributed by atoms with Crippen LogP contribution in [0.25, 0.3) is 0 Å². The molecule has 0 rings (SSSR count). The second-order valence-corrected chi connectivity index (χ2v) is 5.98. The van der Waals surface area contributed by atoms with Crippen molar-refractivity contribution in [2.45, 2.75) is 46.2 Å². The molecule has 9 nitrogen and oxygen atoms in total. The van der Waals surface area contributed by atoms with E-state index >= 15 is 0 Å². The maximum atomic E-state index is 12.4. The summed E-state index contributed by atoms with van der Waals surface area (Å²) in [6, 6.07) is -1.93. The smallest absolute Gasteiger partial charge is 0.326 e. The molecule has 0 saturated heterocycles. The predicted molar refractivity (Wildman–Crippen MR) is 87.9 cm³/mol. The first-order valence-corrected chi connectivity index (χ1v) is 7.93. The van der Waals surface area contributed by atoms with Crippen LogP contribution in [0.4, 0.5) is 0 Å². The maximum Gasteiger partial charge on any atom is 0.326 e. The van der Waals surface area contributed by atoms with Gasteiger partial charge in [0.15, 0.2) is 0 Å². The minimum atomic E-state index is -1.12.